The molecule has 3 rings (SSSR count). The van der Waals surface area contributed by atoms with Gasteiger partial charge >= 0.3 is 5.97 Å². The molecule has 1 amide bonds. The van der Waals surface area contributed by atoms with E-state index in [0.29, 0.717) is 18.4 Å². The highest BCUT2D eigenvalue weighted by Gasteiger charge is 2.44. The first-order valence-electron chi connectivity index (χ1n) is 6.55. The third-order valence-corrected chi connectivity index (χ3v) is 4.06. The van der Waals surface area contributed by atoms with E-state index in [1.54, 1.807) is 18.3 Å². The average Bonchev–Trinajstić information content (AvgIpc) is 2.83. The van der Waals surface area contributed by atoms with Gasteiger partial charge in [-0.1, -0.05) is 12.5 Å². The van der Waals surface area contributed by atoms with Crippen molar-refractivity contribution in [3.63, 3.8) is 0 Å². The lowest BCUT2D eigenvalue weighted by atomic mass is 9.69. The highest BCUT2D eigenvalue weighted by Crippen LogP contribution is 2.40. The van der Waals surface area contributed by atoms with Crippen LogP contribution in [0.3, 0.4) is 0 Å². The number of carbonyl (C=O) groups excluding carboxylic acids is 1. The second-order valence-corrected chi connectivity index (χ2v) is 5.29. The first kappa shape index (κ1) is 12.7. The van der Waals surface area contributed by atoms with E-state index in [1.165, 1.54) is 0 Å². The molecular formula is C14H15N3O3. The normalized spacial score (nSPS) is 16.6. The van der Waals surface area contributed by atoms with Crippen molar-refractivity contribution in [1.29, 1.82) is 0 Å². The zero-order valence-corrected chi connectivity index (χ0v) is 10.8. The quantitative estimate of drug-likeness (QED) is 0.787. The highest BCUT2D eigenvalue weighted by atomic mass is 16.4. The zero-order valence-electron chi connectivity index (χ0n) is 10.8. The maximum Gasteiger partial charge on any atom is 0.311 e. The van der Waals surface area contributed by atoms with E-state index in [-0.39, 0.29) is 12.5 Å². The van der Waals surface area contributed by atoms with Crippen molar-refractivity contribution in [3.8, 4) is 0 Å². The molecule has 2 aromatic rings. The Morgan fingerprint density at radius 3 is 2.85 bits per heavy atom. The van der Waals surface area contributed by atoms with E-state index in [1.807, 2.05) is 6.07 Å². The summed E-state index contributed by atoms with van der Waals surface area (Å²) in [7, 11) is 0. The van der Waals surface area contributed by atoms with Gasteiger partial charge in [0.1, 0.15) is 0 Å². The first-order chi connectivity index (χ1) is 9.61. The summed E-state index contributed by atoms with van der Waals surface area (Å²) >= 11 is 0. The minimum absolute atomic E-state index is 0.183. The predicted molar refractivity (Wildman–Crippen MR) is 72.3 cm³/mol. The molecule has 0 spiro atoms. The number of aliphatic carboxylic acids is 1. The van der Waals surface area contributed by atoms with Crippen molar-refractivity contribution in [3.05, 3.63) is 30.0 Å². The van der Waals surface area contributed by atoms with Crippen LogP contribution in [-0.2, 0) is 4.79 Å². The fourth-order valence-electron chi connectivity index (χ4n) is 2.50. The minimum atomic E-state index is -0.826. The van der Waals surface area contributed by atoms with Gasteiger partial charge in [-0.3, -0.25) is 14.7 Å². The van der Waals surface area contributed by atoms with Crippen molar-refractivity contribution in [1.82, 2.24) is 15.5 Å². The number of hydrogen-bond acceptors (Lipinski definition) is 3. The van der Waals surface area contributed by atoms with E-state index < -0.39 is 11.4 Å². The van der Waals surface area contributed by atoms with Crippen LogP contribution in [-0.4, -0.2) is 33.7 Å². The Kier molecular flexibility index (Phi) is 2.93. The molecule has 1 fully saturated rings. The molecule has 1 heterocycles. The van der Waals surface area contributed by atoms with Crippen LogP contribution < -0.4 is 5.32 Å². The molecule has 3 N–H and O–H groups in total. The van der Waals surface area contributed by atoms with Gasteiger partial charge in [0.05, 0.1) is 17.1 Å². The van der Waals surface area contributed by atoms with Crippen LogP contribution in [0.4, 0.5) is 0 Å². The van der Waals surface area contributed by atoms with Gasteiger partial charge < -0.3 is 10.4 Å². The van der Waals surface area contributed by atoms with Gasteiger partial charge in [0.15, 0.2) is 0 Å². The van der Waals surface area contributed by atoms with Crippen LogP contribution in [0.5, 0.6) is 0 Å². The second-order valence-electron chi connectivity index (χ2n) is 5.29. The van der Waals surface area contributed by atoms with E-state index in [2.05, 4.69) is 15.5 Å². The Hall–Kier alpha value is -2.37. The van der Waals surface area contributed by atoms with E-state index in [9.17, 15) is 14.7 Å². The van der Waals surface area contributed by atoms with Crippen molar-refractivity contribution < 1.29 is 14.7 Å². The summed E-state index contributed by atoms with van der Waals surface area (Å²) in [6.45, 7) is 0.183. The maximum absolute atomic E-state index is 12.1. The van der Waals surface area contributed by atoms with Gasteiger partial charge in [-0.05, 0) is 25.0 Å². The van der Waals surface area contributed by atoms with Crippen molar-refractivity contribution in [2.24, 2.45) is 5.41 Å². The zero-order chi connectivity index (χ0) is 14.2. The summed E-state index contributed by atoms with van der Waals surface area (Å²) in [6, 6.07) is 5.23. The molecule has 1 saturated carbocycles. The number of rotatable bonds is 4. The second kappa shape index (κ2) is 4.63. The number of nitrogens with zero attached hydrogens (tertiary/aromatic N) is 1. The van der Waals surface area contributed by atoms with E-state index in [4.69, 9.17) is 0 Å². The number of fused-ring (bicyclic) bond motifs is 1. The lowest BCUT2D eigenvalue weighted by molar-refractivity contribution is -0.153. The van der Waals surface area contributed by atoms with Gasteiger partial charge in [0.2, 0.25) is 0 Å². The molecule has 0 aliphatic heterocycles. The monoisotopic (exact) mass is 273 g/mol. The molecule has 6 heteroatoms. The Morgan fingerprint density at radius 1 is 1.40 bits per heavy atom. The van der Waals surface area contributed by atoms with E-state index >= 15 is 0 Å². The van der Waals surface area contributed by atoms with Crippen LogP contribution in [0.2, 0.25) is 0 Å². The van der Waals surface area contributed by atoms with Crippen molar-refractivity contribution in [2.75, 3.05) is 6.54 Å². The van der Waals surface area contributed by atoms with Crippen molar-refractivity contribution >= 4 is 22.8 Å². The topological polar surface area (TPSA) is 95.1 Å². The number of amides is 1. The van der Waals surface area contributed by atoms with Crippen LogP contribution in [0, 0.1) is 5.41 Å². The molecule has 20 heavy (non-hydrogen) atoms. The van der Waals surface area contributed by atoms with E-state index in [0.717, 1.165) is 17.3 Å². The minimum Gasteiger partial charge on any atom is -0.481 e. The number of hydrogen-bond donors (Lipinski definition) is 3. The van der Waals surface area contributed by atoms with Gasteiger partial charge in [-0.15, -0.1) is 0 Å². The summed E-state index contributed by atoms with van der Waals surface area (Å²) in [5, 5.41) is 19.6. The Bertz CT molecular complexity index is 673. The number of aromatic nitrogens is 2. The lowest BCUT2D eigenvalue weighted by Crippen LogP contribution is -2.47. The summed E-state index contributed by atoms with van der Waals surface area (Å²) in [5.74, 6) is -1.08. The van der Waals surface area contributed by atoms with Gasteiger partial charge in [0, 0.05) is 17.5 Å². The molecule has 6 nitrogen and oxygen atoms in total. The van der Waals surface area contributed by atoms with Crippen LogP contribution >= 0.6 is 0 Å². The number of benzene rings is 1. The molecule has 0 radical (unpaired) electrons. The molecule has 104 valence electrons. The number of aromatic amines is 1. The van der Waals surface area contributed by atoms with Crippen LogP contribution in [0.15, 0.2) is 24.4 Å². The Morgan fingerprint density at radius 2 is 2.20 bits per heavy atom. The molecule has 0 atom stereocenters. The van der Waals surface area contributed by atoms with Gasteiger partial charge in [0.25, 0.3) is 5.91 Å². The fraction of sp³-hybridized carbons (Fsp3) is 0.357. The largest absolute Gasteiger partial charge is 0.481 e. The smallest absolute Gasteiger partial charge is 0.311 e. The molecule has 1 aromatic carbocycles. The molecule has 0 saturated heterocycles. The number of nitrogens with one attached hydrogen (secondary N) is 2. The summed E-state index contributed by atoms with van der Waals surface area (Å²) in [5.41, 5.74) is 0.518. The third-order valence-electron chi connectivity index (χ3n) is 4.06. The molecular weight excluding hydrogens is 258 g/mol. The SMILES string of the molecule is O=C(NCC1(C(=O)O)CCC1)c1ccc2cn[nH]c2c1. The molecule has 0 bridgehead atoms. The number of carboxylic acids is 1. The number of carbonyl (C=O) groups is 2. The molecule has 0 unspecified atom stereocenters. The fourth-order valence-corrected chi connectivity index (χ4v) is 2.50. The lowest BCUT2D eigenvalue weighted by Gasteiger charge is -2.37. The Balaban J connectivity index is 1.71. The van der Waals surface area contributed by atoms with Crippen LogP contribution in [0.25, 0.3) is 10.9 Å². The number of H-pyrrole nitrogens is 1. The highest BCUT2D eigenvalue weighted by molar-refractivity contribution is 5.98. The predicted octanol–water partition coefficient (Wildman–Crippen LogP) is 1.55. The van der Waals surface area contributed by atoms with Crippen LogP contribution in [0.1, 0.15) is 29.6 Å². The van der Waals surface area contributed by atoms with Gasteiger partial charge in [-0.25, -0.2) is 0 Å². The molecule has 1 aromatic heterocycles. The average molecular weight is 273 g/mol. The third kappa shape index (κ3) is 2.03. The Labute approximate surface area is 115 Å². The summed E-state index contributed by atoms with van der Waals surface area (Å²) < 4.78 is 0. The maximum atomic E-state index is 12.1. The van der Waals surface area contributed by atoms with Crippen molar-refractivity contribution in [2.45, 2.75) is 19.3 Å². The van der Waals surface area contributed by atoms with Gasteiger partial charge in [-0.2, -0.15) is 5.10 Å². The summed E-state index contributed by atoms with van der Waals surface area (Å²) in [6.07, 6.45) is 3.84. The molecule has 1 aliphatic rings. The summed E-state index contributed by atoms with van der Waals surface area (Å²) in [4.78, 5) is 23.3. The number of carboxylic acid groups (broad SMARTS) is 1. The first-order valence-corrected chi connectivity index (χ1v) is 6.55. The molecule has 1 aliphatic carbocycles. The standard InChI is InChI=1S/C14H15N3O3/c18-12(15-8-14(13(19)20)4-1-5-14)9-2-3-10-7-16-17-11(10)6-9/h2-3,6-7H,1,4-5,8H2,(H,15,18)(H,16,17)(H,19,20).